The summed E-state index contributed by atoms with van der Waals surface area (Å²) in [5, 5.41) is 3.76. The summed E-state index contributed by atoms with van der Waals surface area (Å²) >= 11 is 0. The molecule has 0 saturated carbocycles. The fraction of sp³-hybridized carbons (Fsp3) is 0.179. The zero-order valence-corrected chi connectivity index (χ0v) is 19.4. The average Bonchev–Trinajstić information content (AvgIpc) is 3.44. The van der Waals surface area contributed by atoms with Crippen molar-refractivity contribution < 1.29 is 19.1 Å². The summed E-state index contributed by atoms with van der Waals surface area (Å²) in [6.07, 6.45) is 2.19. The van der Waals surface area contributed by atoms with E-state index in [1.807, 2.05) is 85.1 Å². The number of nitrogens with zero attached hydrogens (tertiary/aromatic N) is 2. The first-order chi connectivity index (χ1) is 17.6. The van der Waals surface area contributed by atoms with Crippen molar-refractivity contribution in [1.29, 1.82) is 0 Å². The van der Waals surface area contributed by atoms with Crippen LogP contribution < -0.4 is 15.0 Å². The topological polar surface area (TPSA) is 94.7 Å². The van der Waals surface area contributed by atoms with E-state index in [4.69, 9.17) is 4.74 Å². The highest BCUT2D eigenvalue weighted by Gasteiger charge is 2.42. The number of ether oxygens (including phenoxy) is 1. The Kier molecular flexibility index (Phi) is 5.41. The zero-order valence-electron chi connectivity index (χ0n) is 19.4. The van der Waals surface area contributed by atoms with Gasteiger partial charge < -0.3 is 15.0 Å². The number of fused-ring (bicyclic) bond motifs is 2. The van der Waals surface area contributed by atoms with Crippen LogP contribution in [0.4, 0.5) is 10.5 Å². The van der Waals surface area contributed by atoms with Gasteiger partial charge in [0.05, 0.1) is 11.7 Å². The van der Waals surface area contributed by atoms with Gasteiger partial charge in [-0.15, -0.1) is 0 Å². The highest BCUT2D eigenvalue weighted by Crippen LogP contribution is 2.39. The Morgan fingerprint density at radius 2 is 1.69 bits per heavy atom. The molecular weight excluding hydrogens is 456 g/mol. The Balaban J connectivity index is 1.25. The van der Waals surface area contributed by atoms with Crippen molar-refractivity contribution in [3.05, 3.63) is 96.2 Å². The number of carbonyl (C=O) groups excluding carboxylic acids is 3. The van der Waals surface area contributed by atoms with Crippen LogP contribution in [0.5, 0.6) is 5.75 Å². The van der Waals surface area contributed by atoms with Gasteiger partial charge in [0.2, 0.25) is 5.91 Å². The fourth-order valence-corrected chi connectivity index (χ4v) is 5.01. The highest BCUT2D eigenvalue weighted by atomic mass is 16.5. The van der Waals surface area contributed by atoms with Crippen LogP contribution >= 0.6 is 0 Å². The minimum absolute atomic E-state index is 0.274. The molecule has 4 amide bonds. The average molecular weight is 481 g/mol. The minimum atomic E-state index is -0.730. The molecule has 0 spiro atoms. The number of anilines is 1. The van der Waals surface area contributed by atoms with E-state index in [1.54, 1.807) is 4.90 Å². The molecule has 6 rings (SSSR count). The van der Waals surface area contributed by atoms with Gasteiger partial charge in [0, 0.05) is 23.5 Å². The molecule has 0 aliphatic carbocycles. The Bertz CT molecular complexity index is 1460. The molecule has 8 nitrogen and oxygen atoms in total. The standard InChI is InChI=1S/C28H24N4O4/c33-26(32-23-12-6-7-13-25(23)36-17-24(32)18-8-2-1-3-9-18)16-31-27(34)22(30-28(31)35)14-19-15-29-21-11-5-4-10-20(19)21/h1-13,15,22,24,29H,14,16-17H2,(H,30,35). The maximum atomic E-state index is 13.7. The van der Waals surface area contributed by atoms with Crippen LogP contribution in [-0.2, 0) is 16.0 Å². The van der Waals surface area contributed by atoms with Gasteiger partial charge in [-0.25, -0.2) is 4.79 Å². The van der Waals surface area contributed by atoms with E-state index in [-0.39, 0.29) is 25.1 Å². The zero-order chi connectivity index (χ0) is 24.6. The molecule has 2 N–H and O–H groups in total. The van der Waals surface area contributed by atoms with Gasteiger partial charge in [0.1, 0.15) is 24.9 Å². The SMILES string of the molecule is O=C1NC(Cc2c[nH]c3ccccc23)C(=O)N1CC(=O)N1c2ccccc2OCC1c1ccccc1. The summed E-state index contributed by atoms with van der Waals surface area (Å²) in [6.45, 7) is -0.0805. The lowest BCUT2D eigenvalue weighted by Gasteiger charge is -2.37. The molecule has 2 aliphatic rings. The smallest absolute Gasteiger partial charge is 0.325 e. The van der Waals surface area contributed by atoms with Crippen LogP contribution in [0, 0.1) is 0 Å². The van der Waals surface area contributed by atoms with E-state index in [0.717, 1.165) is 26.9 Å². The van der Waals surface area contributed by atoms with Crippen LogP contribution in [0.15, 0.2) is 85.1 Å². The molecule has 180 valence electrons. The predicted molar refractivity (Wildman–Crippen MR) is 135 cm³/mol. The van der Waals surface area contributed by atoms with E-state index in [9.17, 15) is 14.4 Å². The van der Waals surface area contributed by atoms with Crippen LogP contribution in [0.3, 0.4) is 0 Å². The number of urea groups is 1. The van der Waals surface area contributed by atoms with Crippen LogP contribution in [0.1, 0.15) is 17.2 Å². The van der Waals surface area contributed by atoms with E-state index in [0.29, 0.717) is 17.9 Å². The molecule has 2 atom stereocenters. The van der Waals surface area contributed by atoms with Crippen molar-refractivity contribution in [3.8, 4) is 5.75 Å². The van der Waals surface area contributed by atoms with Crippen LogP contribution in [0.25, 0.3) is 10.9 Å². The van der Waals surface area contributed by atoms with Crippen molar-refractivity contribution >= 4 is 34.4 Å². The van der Waals surface area contributed by atoms with Gasteiger partial charge in [-0.2, -0.15) is 0 Å². The quantitative estimate of drug-likeness (QED) is 0.425. The summed E-state index contributed by atoms with van der Waals surface area (Å²) in [4.78, 5) is 45.6. The number of aromatic amines is 1. The van der Waals surface area contributed by atoms with Gasteiger partial charge in [0.25, 0.3) is 5.91 Å². The number of nitrogens with one attached hydrogen (secondary N) is 2. The number of para-hydroxylation sites is 3. The number of carbonyl (C=O) groups is 3. The first kappa shape index (κ1) is 21.9. The lowest BCUT2D eigenvalue weighted by molar-refractivity contribution is -0.131. The minimum Gasteiger partial charge on any atom is -0.489 e. The van der Waals surface area contributed by atoms with E-state index < -0.39 is 18.0 Å². The van der Waals surface area contributed by atoms with Gasteiger partial charge in [-0.1, -0.05) is 60.7 Å². The molecule has 1 saturated heterocycles. The summed E-state index contributed by atoms with van der Waals surface area (Å²) in [5.74, 6) is -0.167. The van der Waals surface area contributed by atoms with Crippen LogP contribution in [0.2, 0.25) is 0 Å². The number of aromatic nitrogens is 1. The molecule has 8 heteroatoms. The van der Waals surface area contributed by atoms with Gasteiger partial charge in [-0.3, -0.25) is 19.4 Å². The maximum absolute atomic E-state index is 13.7. The molecule has 1 fully saturated rings. The molecule has 0 bridgehead atoms. The first-order valence-corrected chi connectivity index (χ1v) is 11.9. The third-order valence-electron chi connectivity index (χ3n) is 6.79. The molecule has 0 radical (unpaired) electrons. The fourth-order valence-electron chi connectivity index (χ4n) is 5.01. The Morgan fingerprint density at radius 1 is 0.944 bits per heavy atom. The predicted octanol–water partition coefficient (Wildman–Crippen LogP) is 3.80. The van der Waals surface area contributed by atoms with E-state index in [1.165, 1.54) is 0 Å². The largest absolute Gasteiger partial charge is 0.489 e. The third kappa shape index (κ3) is 3.76. The van der Waals surface area contributed by atoms with Gasteiger partial charge >= 0.3 is 6.03 Å². The van der Waals surface area contributed by atoms with Crippen molar-refractivity contribution in [2.75, 3.05) is 18.1 Å². The second-order valence-corrected chi connectivity index (χ2v) is 8.96. The third-order valence-corrected chi connectivity index (χ3v) is 6.79. The number of hydrogen-bond acceptors (Lipinski definition) is 4. The number of benzene rings is 3. The molecular formula is C28H24N4O4. The van der Waals surface area contributed by atoms with Crippen LogP contribution in [-0.4, -0.2) is 46.9 Å². The lowest BCUT2D eigenvalue weighted by Crippen LogP contribution is -2.47. The summed E-state index contributed by atoms with van der Waals surface area (Å²) < 4.78 is 5.94. The molecule has 36 heavy (non-hydrogen) atoms. The first-order valence-electron chi connectivity index (χ1n) is 11.9. The highest BCUT2D eigenvalue weighted by molar-refractivity contribution is 6.09. The Morgan fingerprint density at radius 3 is 2.56 bits per heavy atom. The van der Waals surface area contributed by atoms with E-state index in [2.05, 4.69) is 10.3 Å². The van der Waals surface area contributed by atoms with Crippen molar-refractivity contribution in [2.24, 2.45) is 0 Å². The normalized spacial score (nSPS) is 19.2. The van der Waals surface area contributed by atoms with E-state index >= 15 is 0 Å². The number of imide groups is 1. The lowest BCUT2D eigenvalue weighted by atomic mass is 10.0. The van der Waals surface area contributed by atoms with Gasteiger partial charge in [0.15, 0.2) is 0 Å². The number of H-pyrrole nitrogens is 1. The number of hydrogen-bond donors (Lipinski definition) is 2. The van der Waals surface area contributed by atoms with Crippen molar-refractivity contribution in [3.63, 3.8) is 0 Å². The summed E-state index contributed by atoms with van der Waals surface area (Å²) in [7, 11) is 0. The molecule has 2 aliphatic heterocycles. The molecule has 4 aromatic rings. The molecule has 2 unspecified atom stereocenters. The second-order valence-electron chi connectivity index (χ2n) is 8.96. The molecule has 3 aromatic carbocycles. The molecule has 3 heterocycles. The van der Waals surface area contributed by atoms with Crippen molar-refractivity contribution in [1.82, 2.24) is 15.2 Å². The Hall–Kier alpha value is -4.59. The summed E-state index contributed by atoms with van der Waals surface area (Å²) in [5.41, 5.74) is 3.43. The number of amides is 4. The van der Waals surface area contributed by atoms with Crippen molar-refractivity contribution in [2.45, 2.75) is 18.5 Å². The van der Waals surface area contributed by atoms with Gasteiger partial charge in [-0.05, 0) is 29.3 Å². The summed E-state index contributed by atoms with van der Waals surface area (Å²) in [6, 6.07) is 23.0. The molecule has 1 aromatic heterocycles. The second kappa shape index (κ2) is 8.88. The monoisotopic (exact) mass is 480 g/mol. The number of rotatable bonds is 5. The Labute approximate surface area is 207 Å². The maximum Gasteiger partial charge on any atom is 0.325 e.